The van der Waals surface area contributed by atoms with E-state index in [-0.39, 0.29) is 24.8 Å². The van der Waals surface area contributed by atoms with Crippen LogP contribution in [0.4, 0.5) is 0 Å². The molecule has 0 aromatic heterocycles. The number of hydrogen-bond acceptors (Lipinski definition) is 8. The van der Waals surface area contributed by atoms with Gasteiger partial charge in [-0.05, 0) is 37.1 Å². The first-order chi connectivity index (χ1) is 16.4. The Kier molecular flexibility index (Phi) is 10.6. The van der Waals surface area contributed by atoms with Gasteiger partial charge in [0.1, 0.15) is 35.9 Å². The number of hydrogen-bond donors (Lipinski definition) is 4. The average molecular weight is 495 g/mol. The van der Waals surface area contributed by atoms with Crippen molar-refractivity contribution in [1.82, 2.24) is 10.6 Å². The van der Waals surface area contributed by atoms with Crippen molar-refractivity contribution < 1.29 is 38.8 Å². The van der Waals surface area contributed by atoms with Crippen LogP contribution in [0.3, 0.4) is 0 Å². The van der Waals surface area contributed by atoms with Gasteiger partial charge in [0.25, 0.3) is 5.91 Å². The fourth-order valence-electron chi connectivity index (χ4n) is 3.63. The zero-order valence-corrected chi connectivity index (χ0v) is 21.1. The van der Waals surface area contributed by atoms with Crippen molar-refractivity contribution in [1.29, 1.82) is 0 Å². The van der Waals surface area contributed by atoms with Crippen LogP contribution < -0.4 is 15.4 Å². The number of ether oxygens (including phenoxy) is 3. The molecule has 1 aromatic carbocycles. The van der Waals surface area contributed by atoms with Gasteiger partial charge in [-0.2, -0.15) is 0 Å². The SMILES string of the molecule is COc1ccc(C(=O)NCC2O[C@@H](OCCCCC(=O)C(C)(C)C)C(NC(C)=O)[C@@H](O)[C@@H]2O)cc1. The quantitative estimate of drug-likeness (QED) is 0.336. The van der Waals surface area contributed by atoms with Crippen LogP contribution in [-0.4, -0.2) is 78.7 Å². The molecule has 4 N–H and O–H groups in total. The van der Waals surface area contributed by atoms with Gasteiger partial charge in [-0.1, -0.05) is 20.8 Å². The van der Waals surface area contributed by atoms with E-state index in [4.69, 9.17) is 14.2 Å². The fraction of sp³-hybridized carbons (Fsp3) is 0.640. The molecule has 0 bridgehead atoms. The van der Waals surface area contributed by atoms with Gasteiger partial charge in [0.2, 0.25) is 5.91 Å². The van der Waals surface area contributed by atoms with E-state index < -0.39 is 42.0 Å². The molecule has 2 amide bonds. The van der Waals surface area contributed by atoms with Crippen LogP contribution in [0, 0.1) is 5.41 Å². The Hall–Kier alpha value is -2.53. The number of aliphatic hydroxyl groups excluding tert-OH is 2. The van der Waals surface area contributed by atoms with Crippen molar-refractivity contribution in [3.05, 3.63) is 29.8 Å². The standard InChI is InChI=1S/C25H38N2O8/c1-15(28)27-20-22(31)21(30)18(14-26-23(32)16-9-11-17(33-5)12-10-16)35-24(20)34-13-7-6-8-19(29)25(2,3)4/h9-12,18,20-22,24,30-31H,6-8,13-14H2,1-5H3,(H,26,32)(H,27,28)/t18?,20?,21-,22-,24-/m1/s1. The predicted molar refractivity (Wildman–Crippen MR) is 128 cm³/mol. The third kappa shape index (κ3) is 8.57. The second kappa shape index (κ2) is 13.0. The monoisotopic (exact) mass is 494 g/mol. The number of Topliss-reactive ketones (excluding diaryl/α,β-unsaturated/α-hetero) is 1. The van der Waals surface area contributed by atoms with Gasteiger partial charge in [-0.25, -0.2) is 0 Å². The lowest BCUT2D eigenvalue weighted by atomic mass is 9.88. The topological polar surface area (TPSA) is 143 Å². The Morgan fingerprint density at radius 1 is 1.06 bits per heavy atom. The van der Waals surface area contributed by atoms with Crippen LogP contribution in [0.5, 0.6) is 5.75 Å². The smallest absolute Gasteiger partial charge is 0.251 e. The van der Waals surface area contributed by atoms with Crippen molar-refractivity contribution in [3.8, 4) is 5.75 Å². The molecule has 196 valence electrons. The van der Waals surface area contributed by atoms with Gasteiger partial charge >= 0.3 is 0 Å². The molecule has 1 heterocycles. The third-order valence-electron chi connectivity index (χ3n) is 5.80. The molecule has 1 saturated heterocycles. The third-order valence-corrected chi connectivity index (χ3v) is 5.80. The van der Waals surface area contributed by atoms with E-state index in [2.05, 4.69) is 10.6 Å². The highest BCUT2D eigenvalue weighted by Crippen LogP contribution is 2.23. The first kappa shape index (κ1) is 28.7. The molecule has 35 heavy (non-hydrogen) atoms. The van der Waals surface area contributed by atoms with Gasteiger partial charge < -0.3 is 35.1 Å². The molecule has 1 aromatic rings. The zero-order valence-electron chi connectivity index (χ0n) is 21.1. The van der Waals surface area contributed by atoms with Gasteiger partial charge in [0.15, 0.2) is 6.29 Å². The summed E-state index contributed by atoms with van der Waals surface area (Å²) in [6.07, 6.45) is -3.13. The number of benzene rings is 1. The van der Waals surface area contributed by atoms with Crippen molar-refractivity contribution in [2.45, 2.75) is 77.6 Å². The summed E-state index contributed by atoms with van der Waals surface area (Å²) in [6.45, 7) is 7.05. The van der Waals surface area contributed by atoms with E-state index in [0.717, 1.165) is 0 Å². The lowest BCUT2D eigenvalue weighted by Gasteiger charge is -2.42. The summed E-state index contributed by atoms with van der Waals surface area (Å²) in [7, 11) is 1.53. The van der Waals surface area contributed by atoms with Gasteiger partial charge in [0, 0.05) is 37.5 Å². The normalized spacial score (nSPS) is 24.5. The van der Waals surface area contributed by atoms with Gasteiger partial charge in [-0.15, -0.1) is 0 Å². The molecule has 0 aliphatic carbocycles. The number of ketones is 1. The summed E-state index contributed by atoms with van der Waals surface area (Å²) in [4.78, 5) is 36.2. The molecule has 5 atom stereocenters. The molecule has 2 unspecified atom stereocenters. The Morgan fingerprint density at radius 3 is 2.29 bits per heavy atom. The lowest BCUT2D eigenvalue weighted by molar-refractivity contribution is -0.262. The van der Waals surface area contributed by atoms with Crippen LogP contribution in [0.2, 0.25) is 0 Å². The van der Waals surface area contributed by atoms with Crippen LogP contribution >= 0.6 is 0 Å². The molecule has 0 radical (unpaired) electrons. The molecule has 10 nitrogen and oxygen atoms in total. The van der Waals surface area contributed by atoms with Gasteiger partial charge in [-0.3, -0.25) is 14.4 Å². The summed E-state index contributed by atoms with van der Waals surface area (Å²) in [5, 5.41) is 26.4. The maximum Gasteiger partial charge on any atom is 0.251 e. The van der Waals surface area contributed by atoms with E-state index in [1.807, 2.05) is 20.8 Å². The summed E-state index contributed by atoms with van der Waals surface area (Å²) in [5.74, 6) is -0.0281. The largest absolute Gasteiger partial charge is 0.497 e. The number of carbonyl (C=O) groups excluding carboxylic acids is 3. The molecule has 1 aliphatic heterocycles. The maximum absolute atomic E-state index is 12.5. The van der Waals surface area contributed by atoms with Crippen LogP contribution in [0.1, 0.15) is 57.3 Å². The Morgan fingerprint density at radius 2 is 1.71 bits per heavy atom. The summed E-state index contributed by atoms with van der Waals surface area (Å²) < 4.78 is 16.7. The Bertz CT molecular complexity index is 852. The van der Waals surface area contributed by atoms with E-state index in [0.29, 0.717) is 30.6 Å². The fourth-order valence-corrected chi connectivity index (χ4v) is 3.63. The number of methoxy groups -OCH3 is 1. The number of aliphatic hydroxyl groups is 2. The van der Waals surface area contributed by atoms with Gasteiger partial charge in [0.05, 0.1) is 7.11 Å². The van der Waals surface area contributed by atoms with E-state index in [9.17, 15) is 24.6 Å². The van der Waals surface area contributed by atoms with Crippen molar-refractivity contribution in [2.75, 3.05) is 20.3 Å². The number of amides is 2. The summed E-state index contributed by atoms with van der Waals surface area (Å²) in [5.41, 5.74) is -0.00141. The lowest BCUT2D eigenvalue weighted by Crippen LogP contribution is -2.65. The maximum atomic E-state index is 12.5. The molecule has 10 heteroatoms. The first-order valence-corrected chi connectivity index (χ1v) is 11.8. The molecular weight excluding hydrogens is 456 g/mol. The summed E-state index contributed by atoms with van der Waals surface area (Å²) in [6, 6.07) is 5.52. The molecule has 0 spiro atoms. The van der Waals surface area contributed by atoms with Crippen molar-refractivity contribution in [2.24, 2.45) is 5.41 Å². The second-order valence-electron chi connectivity index (χ2n) is 9.69. The van der Waals surface area contributed by atoms with Crippen molar-refractivity contribution in [3.63, 3.8) is 0 Å². The van der Waals surface area contributed by atoms with Crippen LogP contribution in [0.25, 0.3) is 0 Å². The minimum atomic E-state index is -1.37. The number of nitrogens with one attached hydrogen (secondary N) is 2. The molecule has 1 aliphatic rings. The molecule has 0 saturated carbocycles. The average Bonchev–Trinajstić information content (AvgIpc) is 2.81. The molecule has 2 rings (SSSR count). The number of unbranched alkanes of at least 4 members (excludes halogenated alkanes) is 1. The van der Waals surface area contributed by atoms with E-state index in [1.165, 1.54) is 14.0 Å². The summed E-state index contributed by atoms with van der Waals surface area (Å²) >= 11 is 0. The zero-order chi connectivity index (χ0) is 26.2. The second-order valence-corrected chi connectivity index (χ2v) is 9.69. The molecular formula is C25H38N2O8. The van der Waals surface area contributed by atoms with Crippen LogP contribution in [0.15, 0.2) is 24.3 Å². The Balaban J connectivity index is 1.95. The minimum absolute atomic E-state index is 0.0875. The minimum Gasteiger partial charge on any atom is -0.497 e. The Labute approximate surface area is 206 Å². The number of rotatable bonds is 11. The number of carbonyl (C=O) groups is 3. The molecule has 1 fully saturated rings. The highest BCUT2D eigenvalue weighted by Gasteiger charge is 2.45. The van der Waals surface area contributed by atoms with Crippen LogP contribution in [-0.2, 0) is 19.1 Å². The van der Waals surface area contributed by atoms with E-state index >= 15 is 0 Å². The van der Waals surface area contributed by atoms with E-state index in [1.54, 1.807) is 24.3 Å². The first-order valence-electron chi connectivity index (χ1n) is 11.8. The highest BCUT2D eigenvalue weighted by atomic mass is 16.7. The highest BCUT2D eigenvalue weighted by molar-refractivity contribution is 5.94. The predicted octanol–water partition coefficient (Wildman–Crippen LogP) is 1.18. The van der Waals surface area contributed by atoms with Crippen molar-refractivity contribution >= 4 is 17.6 Å².